The van der Waals surface area contributed by atoms with Gasteiger partial charge in [0.15, 0.2) is 0 Å². The van der Waals surface area contributed by atoms with Gasteiger partial charge < -0.3 is 20.3 Å². The van der Waals surface area contributed by atoms with Gasteiger partial charge >= 0.3 is 5.97 Å². The van der Waals surface area contributed by atoms with Gasteiger partial charge in [-0.15, -0.1) is 0 Å². The van der Waals surface area contributed by atoms with Crippen LogP contribution in [0.4, 0.5) is 5.69 Å². The first kappa shape index (κ1) is 24.6. The third kappa shape index (κ3) is 5.85. The summed E-state index contributed by atoms with van der Waals surface area (Å²) >= 11 is 0. The minimum absolute atomic E-state index is 0.0565. The summed E-state index contributed by atoms with van der Waals surface area (Å²) in [7, 11) is 0. The van der Waals surface area contributed by atoms with Gasteiger partial charge in [0, 0.05) is 41.4 Å². The summed E-state index contributed by atoms with van der Waals surface area (Å²) in [5.41, 5.74) is 5.78. The number of carboxylic acids is 1. The first-order valence-corrected chi connectivity index (χ1v) is 13.1. The van der Waals surface area contributed by atoms with Crippen LogP contribution < -0.4 is 10.2 Å². The molecule has 0 spiro atoms. The Kier molecular flexibility index (Phi) is 7.54. The number of rotatable bonds is 8. The molecule has 1 aliphatic heterocycles. The number of para-hydroxylation sites is 1. The zero-order chi connectivity index (χ0) is 25.6. The van der Waals surface area contributed by atoms with E-state index in [1.807, 2.05) is 42.5 Å². The van der Waals surface area contributed by atoms with E-state index in [2.05, 4.69) is 45.5 Å². The van der Waals surface area contributed by atoms with Crippen LogP contribution in [0.5, 0.6) is 0 Å². The van der Waals surface area contributed by atoms with Gasteiger partial charge in [-0.25, -0.2) is 0 Å². The number of fused-ring (bicyclic) bond motifs is 1. The van der Waals surface area contributed by atoms with Gasteiger partial charge in [-0.3, -0.25) is 9.59 Å². The summed E-state index contributed by atoms with van der Waals surface area (Å²) in [6.45, 7) is 2.06. The van der Waals surface area contributed by atoms with Crippen LogP contribution in [0.15, 0.2) is 79.0 Å². The minimum atomic E-state index is -0.877. The van der Waals surface area contributed by atoms with Crippen LogP contribution in [-0.2, 0) is 22.4 Å². The second-order valence-electron chi connectivity index (χ2n) is 9.81. The van der Waals surface area contributed by atoms with Gasteiger partial charge in [0.05, 0.1) is 18.9 Å². The van der Waals surface area contributed by atoms with Crippen molar-refractivity contribution in [2.24, 2.45) is 0 Å². The quantitative estimate of drug-likeness (QED) is 0.296. The number of hydrogen-bond donors (Lipinski definition) is 3. The number of H-pyrrole nitrogens is 1. The number of nitrogens with zero attached hydrogens (tertiary/aromatic N) is 1. The van der Waals surface area contributed by atoms with Crippen molar-refractivity contribution in [1.82, 2.24) is 10.3 Å². The van der Waals surface area contributed by atoms with E-state index in [1.54, 1.807) is 6.20 Å². The molecule has 3 N–H and O–H groups in total. The molecular weight excluding hydrogens is 462 g/mol. The summed E-state index contributed by atoms with van der Waals surface area (Å²) < 4.78 is 0. The molecule has 37 heavy (non-hydrogen) atoms. The smallest absolute Gasteiger partial charge is 0.307 e. The third-order valence-electron chi connectivity index (χ3n) is 7.17. The molecule has 3 aromatic carbocycles. The van der Waals surface area contributed by atoms with Crippen molar-refractivity contribution in [1.29, 1.82) is 0 Å². The van der Waals surface area contributed by atoms with Gasteiger partial charge in [0.1, 0.15) is 0 Å². The van der Waals surface area contributed by atoms with Crippen LogP contribution >= 0.6 is 0 Å². The fourth-order valence-corrected chi connectivity index (χ4v) is 5.36. The fourth-order valence-electron chi connectivity index (χ4n) is 5.36. The molecule has 1 fully saturated rings. The Labute approximate surface area is 217 Å². The molecule has 0 bridgehead atoms. The number of carbonyl (C=O) groups is 2. The first-order chi connectivity index (χ1) is 18.1. The highest BCUT2D eigenvalue weighted by Crippen LogP contribution is 2.32. The van der Waals surface area contributed by atoms with Crippen LogP contribution in [0.2, 0.25) is 0 Å². The summed E-state index contributed by atoms with van der Waals surface area (Å²) in [5.74, 6) is -0.952. The van der Waals surface area contributed by atoms with Crippen LogP contribution in [0.25, 0.3) is 10.9 Å². The number of aliphatic carboxylic acids is 1. The maximum Gasteiger partial charge on any atom is 0.307 e. The lowest BCUT2D eigenvalue weighted by atomic mass is 9.95. The zero-order valence-corrected chi connectivity index (χ0v) is 21.0. The third-order valence-corrected chi connectivity index (χ3v) is 7.17. The summed E-state index contributed by atoms with van der Waals surface area (Å²) in [4.78, 5) is 30.3. The average molecular weight is 496 g/mol. The van der Waals surface area contributed by atoms with Gasteiger partial charge in [0.2, 0.25) is 5.91 Å². The van der Waals surface area contributed by atoms with Crippen molar-refractivity contribution in [3.8, 4) is 0 Å². The highest BCUT2D eigenvalue weighted by Gasteiger charge is 2.23. The zero-order valence-electron chi connectivity index (χ0n) is 21.0. The van der Waals surface area contributed by atoms with Gasteiger partial charge in [-0.05, 0) is 47.7 Å². The van der Waals surface area contributed by atoms with Crippen LogP contribution in [0, 0.1) is 0 Å². The fraction of sp³-hybridized carbons (Fsp3) is 0.290. The summed E-state index contributed by atoms with van der Waals surface area (Å²) in [6, 6.07) is 24.0. The van der Waals surface area contributed by atoms with Crippen molar-refractivity contribution in [2.75, 3.05) is 18.0 Å². The van der Waals surface area contributed by atoms with E-state index in [-0.39, 0.29) is 24.8 Å². The van der Waals surface area contributed by atoms with Crippen molar-refractivity contribution in [3.05, 3.63) is 101 Å². The van der Waals surface area contributed by atoms with E-state index in [1.165, 1.54) is 31.4 Å². The predicted molar refractivity (Wildman–Crippen MR) is 147 cm³/mol. The minimum Gasteiger partial charge on any atom is -0.481 e. The lowest BCUT2D eigenvalue weighted by molar-refractivity contribution is -0.136. The largest absolute Gasteiger partial charge is 0.481 e. The predicted octanol–water partition coefficient (Wildman–Crippen LogP) is 5.62. The number of aromatic nitrogens is 1. The topological polar surface area (TPSA) is 85.4 Å². The van der Waals surface area contributed by atoms with Gasteiger partial charge in [-0.2, -0.15) is 0 Å². The Hall–Kier alpha value is -4.06. The number of amides is 1. The van der Waals surface area contributed by atoms with Crippen molar-refractivity contribution in [3.63, 3.8) is 0 Å². The molecule has 1 atom stereocenters. The molecule has 0 saturated carbocycles. The Morgan fingerprint density at radius 1 is 0.892 bits per heavy atom. The number of aromatic amines is 1. The van der Waals surface area contributed by atoms with E-state index in [0.717, 1.165) is 46.2 Å². The molecular formula is C31H33N3O3. The molecule has 1 amide bonds. The normalized spacial score (nSPS) is 14.8. The Morgan fingerprint density at radius 3 is 2.38 bits per heavy atom. The first-order valence-electron chi connectivity index (χ1n) is 13.1. The van der Waals surface area contributed by atoms with Crippen LogP contribution in [-0.4, -0.2) is 35.1 Å². The highest BCUT2D eigenvalue weighted by molar-refractivity contribution is 5.89. The lowest BCUT2D eigenvalue weighted by Gasteiger charge is -2.29. The van der Waals surface area contributed by atoms with E-state index >= 15 is 0 Å². The molecule has 4 aromatic rings. The molecule has 1 aliphatic rings. The van der Waals surface area contributed by atoms with E-state index in [4.69, 9.17) is 0 Å². The van der Waals surface area contributed by atoms with Crippen molar-refractivity contribution in [2.45, 2.75) is 44.6 Å². The molecule has 190 valence electrons. The Balaban J connectivity index is 1.42. The van der Waals surface area contributed by atoms with E-state index in [9.17, 15) is 14.7 Å². The number of carboxylic acid groups (broad SMARTS) is 1. The second-order valence-corrected chi connectivity index (χ2v) is 9.81. The molecule has 2 heterocycles. The summed E-state index contributed by atoms with van der Waals surface area (Å²) in [6.07, 6.45) is 6.77. The molecule has 6 nitrogen and oxygen atoms in total. The Morgan fingerprint density at radius 2 is 1.62 bits per heavy atom. The molecule has 1 saturated heterocycles. The lowest BCUT2D eigenvalue weighted by Crippen LogP contribution is -2.33. The SMILES string of the molecule is O=C(O)Cc1c[nH]c2ccc(CC(=O)NC(c3ccccc3)c3ccccc3N3CCCCCC3)cc12. The van der Waals surface area contributed by atoms with Crippen LogP contribution in [0.3, 0.4) is 0 Å². The number of anilines is 1. The molecule has 1 unspecified atom stereocenters. The standard InChI is InChI=1S/C31H33N3O3/c35-29(19-22-14-15-27-26(18-22)24(21-32-27)20-30(36)37)33-31(23-10-4-3-5-11-23)25-12-6-7-13-28(25)34-16-8-1-2-9-17-34/h3-7,10-15,18,21,31-32H,1-2,8-9,16-17,19-20H2,(H,33,35)(H,36,37). The van der Waals surface area contributed by atoms with Crippen molar-refractivity contribution < 1.29 is 14.7 Å². The van der Waals surface area contributed by atoms with Crippen molar-refractivity contribution >= 4 is 28.5 Å². The van der Waals surface area contributed by atoms with Gasteiger partial charge in [-0.1, -0.05) is 67.4 Å². The average Bonchev–Trinajstić information content (AvgIpc) is 3.11. The maximum atomic E-state index is 13.4. The van der Waals surface area contributed by atoms with E-state index in [0.29, 0.717) is 0 Å². The maximum absolute atomic E-state index is 13.4. The van der Waals surface area contributed by atoms with Crippen LogP contribution in [0.1, 0.15) is 54.0 Å². The number of carbonyl (C=O) groups excluding carboxylic acids is 1. The summed E-state index contributed by atoms with van der Waals surface area (Å²) in [5, 5.41) is 13.4. The highest BCUT2D eigenvalue weighted by atomic mass is 16.4. The molecule has 1 aromatic heterocycles. The van der Waals surface area contributed by atoms with Gasteiger partial charge in [0.25, 0.3) is 0 Å². The number of nitrogens with one attached hydrogen (secondary N) is 2. The number of hydrogen-bond acceptors (Lipinski definition) is 3. The molecule has 0 aliphatic carbocycles. The second kappa shape index (κ2) is 11.3. The van der Waals surface area contributed by atoms with E-state index < -0.39 is 5.97 Å². The molecule has 0 radical (unpaired) electrons. The Bertz CT molecular complexity index is 1370. The molecule has 6 heteroatoms. The monoisotopic (exact) mass is 495 g/mol. The number of benzene rings is 3. The molecule has 5 rings (SSSR count).